The van der Waals surface area contributed by atoms with Gasteiger partial charge in [-0.25, -0.2) is 0 Å². The van der Waals surface area contributed by atoms with Gasteiger partial charge in [0.2, 0.25) is 0 Å². The first kappa shape index (κ1) is 19.1. The third-order valence-electron chi connectivity index (χ3n) is 3.65. The molecule has 1 atom stereocenters. The van der Waals surface area contributed by atoms with E-state index in [-0.39, 0.29) is 11.5 Å². The Morgan fingerprint density at radius 2 is 1.68 bits per heavy atom. The molecule has 1 aromatic carbocycles. The Morgan fingerprint density at radius 3 is 2.27 bits per heavy atom. The molecule has 5 heteroatoms. The Kier molecular flexibility index (Phi) is 7.53. The largest absolute Gasteiger partial charge is 0.388 e. The zero-order chi connectivity index (χ0) is 16.6. The predicted octanol–water partition coefficient (Wildman–Crippen LogP) is 3.81. The SMILES string of the molecule is CCCCCCCC(C)(O)COS(=O)(=O)c1ccc(C)cc1. The van der Waals surface area contributed by atoms with Crippen molar-refractivity contribution in [3.05, 3.63) is 29.8 Å². The summed E-state index contributed by atoms with van der Waals surface area (Å²) in [6.07, 6.45) is 5.99. The van der Waals surface area contributed by atoms with E-state index in [0.29, 0.717) is 6.42 Å². The molecule has 0 aromatic heterocycles. The second-order valence-corrected chi connectivity index (χ2v) is 7.81. The van der Waals surface area contributed by atoms with E-state index in [0.717, 1.165) is 24.8 Å². The monoisotopic (exact) mass is 328 g/mol. The summed E-state index contributed by atoms with van der Waals surface area (Å²) in [5, 5.41) is 10.2. The summed E-state index contributed by atoms with van der Waals surface area (Å²) in [4.78, 5) is 0.122. The molecular weight excluding hydrogens is 300 g/mol. The molecule has 1 N–H and O–H groups in total. The van der Waals surface area contributed by atoms with Crippen LogP contribution in [0.25, 0.3) is 0 Å². The summed E-state index contributed by atoms with van der Waals surface area (Å²) in [6, 6.07) is 6.48. The van der Waals surface area contributed by atoms with E-state index in [1.54, 1.807) is 19.1 Å². The Labute approximate surface area is 134 Å². The maximum atomic E-state index is 12.1. The molecule has 0 saturated carbocycles. The van der Waals surface area contributed by atoms with Crippen LogP contribution in [0.4, 0.5) is 0 Å². The molecule has 0 radical (unpaired) electrons. The molecule has 1 unspecified atom stereocenters. The van der Waals surface area contributed by atoms with Crippen molar-refractivity contribution in [3.8, 4) is 0 Å². The van der Waals surface area contributed by atoms with Gasteiger partial charge in [-0.1, -0.05) is 56.7 Å². The molecule has 4 nitrogen and oxygen atoms in total. The fourth-order valence-corrected chi connectivity index (χ4v) is 3.17. The van der Waals surface area contributed by atoms with E-state index in [4.69, 9.17) is 4.18 Å². The van der Waals surface area contributed by atoms with Crippen LogP contribution in [-0.4, -0.2) is 25.7 Å². The lowest BCUT2D eigenvalue weighted by molar-refractivity contribution is 0.00430. The molecule has 22 heavy (non-hydrogen) atoms. The number of aliphatic hydroxyl groups is 1. The van der Waals surface area contributed by atoms with Crippen LogP contribution >= 0.6 is 0 Å². The minimum atomic E-state index is -3.81. The van der Waals surface area contributed by atoms with Crippen molar-refractivity contribution in [1.29, 1.82) is 0 Å². The highest BCUT2D eigenvalue weighted by Gasteiger charge is 2.25. The van der Waals surface area contributed by atoms with E-state index in [2.05, 4.69) is 6.92 Å². The molecule has 0 bridgehead atoms. The summed E-state index contributed by atoms with van der Waals surface area (Å²) < 4.78 is 29.2. The molecule has 0 aliphatic heterocycles. The lowest BCUT2D eigenvalue weighted by Gasteiger charge is -2.22. The Morgan fingerprint density at radius 1 is 1.09 bits per heavy atom. The maximum absolute atomic E-state index is 12.1. The first-order chi connectivity index (χ1) is 10.3. The van der Waals surface area contributed by atoms with Crippen molar-refractivity contribution in [2.45, 2.75) is 69.8 Å². The van der Waals surface area contributed by atoms with Crippen molar-refractivity contribution in [2.75, 3.05) is 6.61 Å². The number of benzene rings is 1. The highest BCUT2D eigenvalue weighted by Crippen LogP contribution is 2.20. The quantitative estimate of drug-likeness (QED) is 0.524. The third kappa shape index (κ3) is 6.90. The van der Waals surface area contributed by atoms with E-state index in [1.165, 1.54) is 25.0 Å². The van der Waals surface area contributed by atoms with E-state index < -0.39 is 15.7 Å². The fraction of sp³-hybridized carbons (Fsp3) is 0.647. The first-order valence-electron chi connectivity index (χ1n) is 7.95. The molecule has 0 amide bonds. The van der Waals surface area contributed by atoms with Crippen LogP contribution in [0, 0.1) is 6.92 Å². The van der Waals surface area contributed by atoms with Crippen molar-refractivity contribution >= 4 is 10.1 Å². The van der Waals surface area contributed by atoms with Crippen LogP contribution in [0.5, 0.6) is 0 Å². The summed E-state index contributed by atoms with van der Waals surface area (Å²) in [7, 11) is -3.81. The summed E-state index contributed by atoms with van der Waals surface area (Å²) in [5.74, 6) is 0. The van der Waals surface area contributed by atoms with Crippen molar-refractivity contribution in [1.82, 2.24) is 0 Å². The molecule has 0 heterocycles. The minimum absolute atomic E-state index is 0.122. The van der Waals surface area contributed by atoms with Crippen molar-refractivity contribution in [2.24, 2.45) is 0 Å². The van der Waals surface area contributed by atoms with Crippen molar-refractivity contribution < 1.29 is 17.7 Å². The van der Waals surface area contributed by atoms with Gasteiger partial charge in [0.25, 0.3) is 10.1 Å². The molecular formula is C17H28O4S. The van der Waals surface area contributed by atoms with Crippen LogP contribution < -0.4 is 0 Å². The zero-order valence-corrected chi connectivity index (χ0v) is 14.7. The normalized spacial score (nSPS) is 14.7. The van der Waals surface area contributed by atoms with Gasteiger partial charge in [0.05, 0.1) is 17.1 Å². The number of aryl methyl sites for hydroxylation is 1. The zero-order valence-electron chi connectivity index (χ0n) is 13.8. The van der Waals surface area contributed by atoms with Crippen LogP contribution in [0.3, 0.4) is 0 Å². The number of rotatable bonds is 10. The molecule has 1 rings (SSSR count). The highest BCUT2D eigenvalue weighted by molar-refractivity contribution is 7.86. The Bertz CT molecular complexity index is 532. The first-order valence-corrected chi connectivity index (χ1v) is 9.36. The van der Waals surface area contributed by atoms with Gasteiger partial charge in [0.1, 0.15) is 0 Å². The summed E-state index contributed by atoms with van der Waals surface area (Å²) in [6.45, 7) is 5.45. The molecule has 0 fully saturated rings. The predicted molar refractivity (Wildman–Crippen MR) is 88.3 cm³/mol. The molecule has 126 valence electrons. The number of unbranched alkanes of at least 4 members (excludes halogenated alkanes) is 4. The van der Waals surface area contributed by atoms with Gasteiger partial charge in [0.15, 0.2) is 0 Å². The molecule has 0 aliphatic rings. The van der Waals surface area contributed by atoms with Gasteiger partial charge in [0, 0.05) is 0 Å². The van der Waals surface area contributed by atoms with E-state index in [9.17, 15) is 13.5 Å². The van der Waals surface area contributed by atoms with Gasteiger partial charge >= 0.3 is 0 Å². The second kappa shape index (κ2) is 8.65. The average Bonchev–Trinajstić information content (AvgIpc) is 2.46. The summed E-state index contributed by atoms with van der Waals surface area (Å²) >= 11 is 0. The lowest BCUT2D eigenvalue weighted by Crippen LogP contribution is -2.32. The standard InChI is InChI=1S/C17H28O4S/c1-4-5-6-7-8-13-17(3,18)14-21-22(19,20)16-11-9-15(2)10-12-16/h9-12,18H,4-8,13-14H2,1-3H3. The van der Waals surface area contributed by atoms with Gasteiger partial charge in [-0.15, -0.1) is 0 Å². The molecule has 0 aliphatic carbocycles. The lowest BCUT2D eigenvalue weighted by atomic mass is 9.99. The maximum Gasteiger partial charge on any atom is 0.297 e. The second-order valence-electron chi connectivity index (χ2n) is 6.19. The highest BCUT2D eigenvalue weighted by atomic mass is 32.2. The summed E-state index contributed by atoms with van der Waals surface area (Å²) in [5.41, 5.74) is -0.137. The Hall–Kier alpha value is -0.910. The minimum Gasteiger partial charge on any atom is -0.388 e. The molecule has 0 spiro atoms. The van der Waals surface area contributed by atoms with Crippen LogP contribution in [0.15, 0.2) is 29.2 Å². The van der Waals surface area contributed by atoms with Gasteiger partial charge in [-0.05, 0) is 32.4 Å². The van der Waals surface area contributed by atoms with E-state index in [1.807, 2.05) is 6.92 Å². The number of hydrogen-bond acceptors (Lipinski definition) is 4. The third-order valence-corrected chi connectivity index (χ3v) is 4.93. The van der Waals surface area contributed by atoms with Crippen LogP contribution in [-0.2, 0) is 14.3 Å². The average molecular weight is 328 g/mol. The fourth-order valence-electron chi connectivity index (χ4n) is 2.16. The van der Waals surface area contributed by atoms with Gasteiger partial charge in [-0.2, -0.15) is 8.42 Å². The van der Waals surface area contributed by atoms with Gasteiger partial charge < -0.3 is 5.11 Å². The van der Waals surface area contributed by atoms with Crippen molar-refractivity contribution in [3.63, 3.8) is 0 Å². The Balaban J connectivity index is 2.47. The van der Waals surface area contributed by atoms with Crippen LogP contribution in [0.2, 0.25) is 0 Å². The molecule has 0 saturated heterocycles. The van der Waals surface area contributed by atoms with Gasteiger partial charge in [-0.3, -0.25) is 4.18 Å². The topological polar surface area (TPSA) is 63.6 Å². The van der Waals surface area contributed by atoms with E-state index >= 15 is 0 Å². The molecule has 1 aromatic rings. The van der Waals surface area contributed by atoms with Crippen LogP contribution in [0.1, 0.15) is 57.9 Å². The smallest absolute Gasteiger partial charge is 0.297 e. The number of hydrogen-bond donors (Lipinski definition) is 1.